The van der Waals surface area contributed by atoms with Crippen molar-refractivity contribution < 1.29 is 33.9 Å². The van der Waals surface area contributed by atoms with Gasteiger partial charge in [0.2, 0.25) is 0 Å². The predicted octanol–water partition coefficient (Wildman–Crippen LogP) is -1.57. The van der Waals surface area contributed by atoms with E-state index in [1.54, 1.807) is 6.07 Å². The van der Waals surface area contributed by atoms with Gasteiger partial charge in [0.05, 0.1) is 5.69 Å². The molecule has 2 rings (SSSR count). The molecule has 2 aromatic carbocycles. The molecule has 0 bridgehead atoms. The van der Waals surface area contributed by atoms with Crippen molar-refractivity contribution in [2.24, 2.45) is 10.7 Å². The van der Waals surface area contributed by atoms with Crippen LogP contribution >= 0.6 is 0 Å². The fraction of sp³-hybridized carbons (Fsp3) is 0.200. The monoisotopic (exact) mass is 278 g/mol. The van der Waals surface area contributed by atoms with E-state index in [9.17, 15) is 9.90 Å². The van der Waals surface area contributed by atoms with E-state index < -0.39 is 12.0 Å². The fourth-order valence-electron chi connectivity index (χ4n) is 1.90. The van der Waals surface area contributed by atoms with E-state index in [1.165, 1.54) is 0 Å². The number of carbonyl (C=O) groups is 1. The van der Waals surface area contributed by atoms with Crippen LogP contribution in [0.25, 0.3) is 10.8 Å². The molecule has 0 aliphatic heterocycles. The largest absolute Gasteiger partial charge is 1.00 e. The van der Waals surface area contributed by atoms with Crippen LogP contribution in [-0.4, -0.2) is 23.0 Å². The Bertz CT molecular complexity index is 653. The summed E-state index contributed by atoms with van der Waals surface area (Å²) < 4.78 is 0. The first-order valence-electron chi connectivity index (χ1n) is 6.28. The van der Waals surface area contributed by atoms with Crippen molar-refractivity contribution in [3.63, 3.8) is 0 Å². The second-order valence-electron chi connectivity index (χ2n) is 4.49. The van der Waals surface area contributed by atoms with E-state index in [0.717, 1.165) is 10.8 Å². The second-order valence-corrected chi connectivity index (χ2v) is 4.49. The van der Waals surface area contributed by atoms with Crippen molar-refractivity contribution in [1.29, 1.82) is 0 Å². The summed E-state index contributed by atoms with van der Waals surface area (Å²) in [4.78, 5) is 14.6. The molecule has 0 fully saturated rings. The van der Waals surface area contributed by atoms with Gasteiger partial charge in [-0.3, -0.25) is 9.79 Å². The van der Waals surface area contributed by atoms with Crippen molar-refractivity contribution in [1.82, 2.24) is 0 Å². The van der Waals surface area contributed by atoms with Crippen LogP contribution in [0, 0.1) is 0 Å². The normalized spacial score (nSPS) is 12.7. The maximum atomic E-state index is 11.8. The summed E-state index contributed by atoms with van der Waals surface area (Å²) >= 11 is 0. The molecule has 104 valence electrons. The van der Waals surface area contributed by atoms with Gasteiger partial charge >= 0.3 is 24.8 Å². The van der Waals surface area contributed by atoms with Crippen molar-refractivity contribution >= 4 is 28.3 Å². The summed E-state index contributed by atoms with van der Waals surface area (Å²) in [7, 11) is 0. The first kappa shape index (κ1) is 17.2. The minimum Gasteiger partial charge on any atom is -0.862 e. The van der Waals surface area contributed by atoms with Gasteiger partial charge in [-0.2, -0.15) is 0 Å². The summed E-state index contributed by atoms with van der Waals surface area (Å²) in [6.45, 7) is 0. The molecule has 21 heavy (non-hydrogen) atoms. The topological polar surface area (TPSA) is 98.7 Å². The Balaban J connectivity index is 0.00000220. The summed E-state index contributed by atoms with van der Waals surface area (Å²) in [5.74, 6) is -1.47. The first-order chi connectivity index (χ1) is 9.58. The van der Waals surface area contributed by atoms with Crippen LogP contribution in [0.2, 0.25) is 0 Å². The Kier molecular flexibility index (Phi) is 6.44. The third-order valence-electron chi connectivity index (χ3n) is 3.00. The molecule has 3 N–H and O–H groups in total. The summed E-state index contributed by atoms with van der Waals surface area (Å²) in [6.07, 6.45) is 0.110. The number of fused-ring (bicyclic) bond motifs is 1. The summed E-state index contributed by atoms with van der Waals surface area (Å²) in [5.41, 5.74) is 5.95. The van der Waals surface area contributed by atoms with Gasteiger partial charge in [-0.25, -0.2) is 0 Å². The standard InChI is InChI=1S/C15H16N2O3.Li/c16-12(15(19)20)8-9-14(18)17-13-7-3-5-10-4-1-2-6-11(10)13;/h1-7,12H,8-9,16H2,(H,17,18)(H,19,20);/q;+1/p-1/t12-;/m1./s1. The van der Waals surface area contributed by atoms with E-state index in [4.69, 9.17) is 10.8 Å². The van der Waals surface area contributed by atoms with Crippen molar-refractivity contribution in [2.75, 3.05) is 0 Å². The molecular weight excluding hydrogens is 263 g/mol. The van der Waals surface area contributed by atoms with Crippen LogP contribution in [0.5, 0.6) is 0 Å². The molecule has 0 saturated heterocycles. The average molecular weight is 278 g/mol. The Labute approximate surface area is 134 Å². The van der Waals surface area contributed by atoms with Crippen molar-refractivity contribution in [3.05, 3.63) is 42.5 Å². The number of aliphatic carboxylic acids is 1. The molecule has 0 amide bonds. The van der Waals surface area contributed by atoms with Gasteiger partial charge in [-0.05, 0) is 30.2 Å². The number of carboxylic acids is 1. The van der Waals surface area contributed by atoms with Crippen LogP contribution < -0.4 is 29.7 Å². The number of aliphatic imine (C=N–C) groups is 1. The molecule has 0 radical (unpaired) electrons. The molecular formula is C15H15LiN2O3. The maximum Gasteiger partial charge on any atom is 1.00 e. The van der Waals surface area contributed by atoms with E-state index in [1.807, 2.05) is 36.4 Å². The number of carboxylic acid groups (broad SMARTS) is 1. The Morgan fingerprint density at radius 3 is 2.62 bits per heavy atom. The van der Waals surface area contributed by atoms with Gasteiger partial charge in [0.15, 0.2) is 0 Å². The number of nitrogens with two attached hydrogens (primary N) is 1. The Morgan fingerprint density at radius 2 is 1.90 bits per heavy atom. The molecule has 0 heterocycles. The number of rotatable bonds is 5. The third kappa shape index (κ3) is 4.61. The molecule has 0 spiro atoms. The molecule has 2 aromatic rings. The number of benzene rings is 2. The number of nitrogens with zero attached hydrogens (tertiary/aromatic N) is 1. The number of hydrogen-bond acceptors (Lipinski definition) is 4. The molecule has 0 saturated carbocycles. The first-order valence-corrected chi connectivity index (χ1v) is 6.28. The van der Waals surface area contributed by atoms with Crippen LogP contribution in [0.15, 0.2) is 47.5 Å². The SMILES string of the molecule is N[C@H](CCC([O-])=Nc1cccc2ccccc12)C(=O)O.[Li+]. The molecule has 0 aromatic heterocycles. The van der Waals surface area contributed by atoms with Gasteiger partial charge in [0, 0.05) is 5.39 Å². The zero-order valence-electron chi connectivity index (χ0n) is 11.8. The number of hydrogen-bond donors (Lipinski definition) is 2. The van der Waals surface area contributed by atoms with E-state index in [2.05, 4.69) is 4.99 Å². The predicted molar refractivity (Wildman–Crippen MR) is 75.9 cm³/mol. The van der Waals surface area contributed by atoms with Crippen molar-refractivity contribution in [3.8, 4) is 0 Å². The van der Waals surface area contributed by atoms with Gasteiger partial charge in [0.1, 0.15) is 6.04 Å². The van der Waals surface area contributed by atoms with Gasteiger partial charge in [-0.15, -0.1) is 0 Å². The van der Waals surface area contributed by atoms with Crippen molar-refractivity contribution in [2.45, 2.75) is 18.9 Å². The zero-order chi connectivity index (χ0) is 14.5. The van der Waals surface area contributed by atoms with Crippen LogP contribution in [-0.2, 0) is 4.79 Å². The van der Waals surface area contributed by atoms with Gasteiger partial charge < -0.3 is 15.9 Å². The van der Waals surface area contributed by atoms with Crippen LogP contribution in [0.1, 0.15) is 12.8 Å². The maximum absolute atomic E-state index is 11.8. The third-order valence-corrected chi connectivity index (χ3v) is 3.00. The fourth-order valence-corrected chi connectivity index (χ4v) is 1.90. The zero-order valence-corrected chi connectivity index (χ0v) is 11.8. The van der Waals surface area contributed by atoms with Crippen LogP contribution in [0.4, 0.5) is 5.69 Å². The minimum absolute atomic E-state index is 0. The molecule has 0 aliphatic rings. The van der Waals surface area contributed by atoms with E-state index in [-0.39, 0.29) is 37.6 Å². The Hall–Kier alpha value is -1.80. The summed E-state index contributed by atoms with van der Waals surface area (Å²) in [6, 6.07) is 12.1. The molecule has 5 nitrogen and oxygen atoms in total. The van der Waals surface area contributed by atoms with E-state index in [0.29, 0.717) is 5.69 Å². The second kappa shape index (κ2) is 7.84. The average Bonchev–Trinajstić information content (AvgIpc) is 2.45. The Morgan fingerprint density at radius 1 is 1.24 bits per heavy atom. The molecule has 1 atom stereocenters. The van der Waals surface area contributed by atoms with E-state index >= 15 is 0 Å². The smallest absolute Gasteiger partial charge is 0.862 e. The van der Waals surface area contributed by atoms with Gasteiger partial charge in [-0.1, -0.05) is 36.4 Å². The minimum atomic E-state index is -1.11. The molecule has 0 aliphatic carbocycles. The van der Waals surface area contributed by atoms with Crippen LogP contribution in [0.3, 0.4) is 0 Å². The van der Waals surface area contributed by atoms with Gasteiger partial charge in [0.25, 0.3) is 0 Å². The molecule has 6 heteroatoms. The quantitative estimate of drug-likeness (QED) is 0.392. The summed E-state index contributed by atoms with van der Waals surface area (Å²) in [5, 5.41) is 22.3. The molecule has 0 unspecified atom stereocenters.